The highest BCUT2D eigenvalue weighted by molar-refractivity contribution is 5.89. The predicted octanol–water partition coefficient (Wildman–Crippen LogP) is 1.08. The van der Waals surface area contributed by atoms with Crippen LogP contribution in [-0.4, -0.2) is 31.6 Å². The van der Waals surface area contributed by atoms with E-state index in [1.807, 2.05) is 24.3 Å². The lowest BCUT2D eigenvalue weighted by Crippen LogP contribution is -2.27. The first-order valence-electron chi connectivity index (χ1n) is 7.01. The molecule has 1 aromatic carbocycles. The lowest BCUT2D eigenvalue weighted by molar-refractivity contribution is 0.145. The van der Waals surface area contributed by atoms with Crippen molar-refractivity contribution in [2.45, 2.75) is 24.4 Å². The number of anilines is 1. The summed E-state index contributed by atoms with van der Waals surface area (Å²) in [4.78, 5) is 13.3. The van der Waals surface area contributed by atoms with Crippen molar-refractivity contribution < 1.29 is 9.53 Å². The van der Waals surface area contributed by atoms with Crippen LogP contribution in [0.25, 0.3) is 0 Å². The molecular formula is C15H19N5O2. The van der Waals surface area contributed by atoms with Crippen LogP contribution < -0.4 is 16.4 Å². The molecule has 7 nitrogen and oxygen atoms in total. The number of hydrogen-bond acceptors (Lipinski definition) is 5. The van der Waals surface area contributed by atoms with Gasteiger partial charge in [0.25, 0.3) is 0 Å². The molecule has 1 aliphatic carbocycles. The molecule has 1 aromatic rings. The summed E-state index contributed by atoms with van der Waals surface area (Å²) in [6.45, 7) is 0.815. The van der Waals surface area contributed by atoms with Gasteiger partial charge in [0, 0.05) is 12.2 Å². The zero-order valence-corrected chi connectivity index (χ0v) is 12.2. The number of carbonyl (C=O) groups excluding carboxylic acids is 1. The van der Waals surface area contributed by atoms with E-state index in [1.54, 1.807) is 4.90 Å². The van der Waals surface area contributed by atoms with Crippen molar-refractivity contribution in [3.8, 4) is 6.07 Å². The molecule has 22 heavy (non-hydrogen) atoms. The zero-order valence-electron chi connectivity index (χ0n) is 12.2. The van der Waals surface area contributed by atoms with Crippen molar-refractivity contribution in [3.63, 3.8) is 0 Å². The van der Waals surface area contributed by atoms with Gasteiger partial charge in [0.05, 0.1) is 24.4 Å². The summed E-state index contributed by atoms with van der Waals surface area (Å²) >= 11 is 0. The van der Waals surface area contributed by atoms with E-state index in [9.17, 15) is 4.79 Å². The van der Waals surface area contributed by atoms with Crippen LogP contribution in [0.3, 0.4) is 0 Å². The summed E-state index contributed by atoms with van der Waals surface area (Å²) in [6, 6.07) is 9.95. The average Bonchev–Trinajstić information content (AvgIpc) is 3.25. The second-order valence-corrected chi connectivity index (χ2v) is 5.26. The van der Waals surface area contributed by atoms with E-state index in [2.05, 4.69) is 11.8 Å². The number of nitrogens with one attached hydrogen (secondary N) is 1. The van der Waals surface area contributed by atoms with E-state index in [-0.39, 0.29) is 17.6 Å². The van der Waals surface area contributed by atoms with Crippen LogP contribution in [0.1, 0.15) is 18.4 Å². The van der Waals surface area contributed by atoms with E-state index < -0.39 is 0 Å². The lowest BCUT2D eigenvalue weighted by atomic mass is 9.97. The largest absolute Gasteiger partial charge is 0.443 e. The number of carbonyl (C=O) groups is 1. The van der Waals surface area contributed by atoms with E-state index in [4.69, 9.17) is 21.1 Å². The number of hydrogen-bond donors (Lipinski definition) is 3. The van der Waals surface area contributed by atoms with Crippen LogP contribution in [0.4, 0.5) is 10.5 Å². The van der Waals surface area contributed by atoms with Gasteiger partial charge in [-0.1, -0.05) is 12.1 Å². The molecular weight excluding hydrogens is 282 g/mol. The van der Waals surface area contributed by atoms with Crippen molar-refractivity contribution in [2.24, 2.45) is 11.5 Å². The van der Waals surface area contributed by atoms with Crippen LogP contribution in [0.5, 0.6) is 0 Å². The Balaban J connectivity index is 0.000000545. The first-order valence-corrected chi connectivity index (χ1v) is 7.01. The fourth-order valence-corrected chi connectivity index (χ4v) is 2.41. The molecule has 7 heteroatoms. The van der Waals surface area contributed by atoms with Gasteiger partial charge in [-0.15, -0.1) is 0 Å². The second kappa shape index (κ2) is 6.45. The molecule has 2 fully saturated rings. The minimum absolute atomic E-state index is 0.235. The molecule has 1 atom stereocenters. The van der Waals surface area contributed by atoms with Crippen molar-refractivity contribution in [2.75, 3.05) is 18.0 Å². The van der Waals surface area contributed by atoms with E-state index in [1.165, 1.54) is 0 Å². The molecule has 1 heterocycles. The molecule has 1 amide bonds. The van der Waals surface area contributed by atoms with Gasteiger partial charge in [-0.25, -0.2) is 4.79 Å². The zero-order chi connectivity index (χ0) is 16.2. The minimum Gasteiger partial charge on any atom is -0.443 e. The predicted molar refractivity (Wildman–Crippen MR) is 82.6 cm³/mol. The van der Waals surface area contributed by atoms with Crippen molar-refractivity contribution in [3.05, 3.63) is 29.8 Å². The number of nitriles is 1. The van der Waals surface area contributed by atoms with E-state index in [0.29, 0.717) is 13.1 Å². The summed E-state index contributed by atoms with van der Waals surface area (Å²) in [5, 5.41) is 15.0. The number of nitrogens with zero attached hydrogens (tertiary/aromatic N) is 2. The summed E-state index contributed by atoms with van der Waals surface area (Å²) in [6.07, 6.45) is 2.00. The number of benzene rings is 1. The third-order valence-electron chi connectivity index (χ3n) is 3.83. The maximum absolute atomic E-state index is 11.7. The molecule has 0 spiro atoms. The topological polar surface area (TPSA) is 129 Å². The monoisotopic (exact) mass is 301 g/mol. The van der Waals surface area contributed by atoms with Gasteiger partial charge >= 0.3 is 6.09 Å². The number of nitrogens with two attached hydrogens (primary N) is 2. The first-order chi connectivity index (χ1) is 10.6. The third-order valence-corrected chi connectivity index (χ3v) is 3.83. The highest BCUT2D eigenvalue weighted by Gasteiger charge is 2.44. The van der Waals surface area contributed by atoms with Gasteiger partial charge in [0.2, 0.25) is 0 Å². The Morgan fingerprint density at radius 3 is 2.45 bits per heavy atom. The van der Waals surface area contributed by atoms with Gasteiger partial charge in [0.1, 0.15) is 6.10 Å². The van der Waals surface area contributed by atoms with Crippen molar-refractivity contribution >= 4 is 18.1 Å². The van der Waals surface area contributed by atoms with Crippen molar-refractivity contribution in [1.82, 2.24) is 0 Å². The average molecular weight is 301 g/mol. The molecule has 2 aliphatic rings. The smallest absolute Gasteiger partial charge is 0.414 e. The summed E-state index contributed by atoms with van der Waals surface area (Å²) in [7, 11) is 0. The second-order valence-electron chi connectivity index (χ2n) is 5.26. The molecule has 0 bridgehead atoms. The Bertz CT molecular complexity index is 589. The maximum atomic E-state index is 11.7. The molecule has 1 aliphatic heterocycles. The fourth-order valence-electron chi connectivity index (χ4n) is 2.41. The lowest BCUT2D eigenvalue weighted by Gasteiger charge is -2.14. The van der Waals surface area contributed by atoms with Crippen LogP contribution in [0.2, 0.25) is 0 Å². The standard InChI is InChI=1S/C14H15N3O2.CH4N2/c15-7-12-8-17(13(18)19-12)11-3-1-10(2-4-11)14(9-16)5-6-14;2-1-3/h1-4,12H,5-8,15H2;1H,(H3,2,3). The van der Waals surface area contributed by atoms with Gasteiger partial charge in [-0.05, 0) is 30.5 Å². The van der Waals surface area contributed by atoms with Crippen LogP contribution >= 0.6 is 0 Å². The third kappa shape index (κ3) is 3.02. The van der Waals surface area contributed by atoms with Crippen LogP contribution in [0.15, 0.2) is 24.3 Å². The summed E-state index contributed by atoms with van der Waals surface area (Å²) < 4.78 is 5.12. The normalized spacial score (nSPS) is 21.2. The van der Waals surface area contributed by atoms with E-state index >= 15 is 0 Å². The molecule has 1 saturated carbocycles. The number of rotatable bonds is 3. The Morgan fingerprint density at radius 2 is 2.05 bits per heavy atom. The highest BCUT2D eigenvalue weighted by atomic mass is 16.6. The van der Waals surface area contributed by atoms with Gasteiger partial charge < -0.3 is 16.2 Å². The Labute approximate surface area is 129 Å². The molecule has 3 rings (SSSR count). The van der Waals surface area contributed by atoms with Crippen LogP contribution in [-0.2, 0) is 10.2 Å². The first kappa shape index (κ1) is 15.8. The molecule has 0 radical (unpaired) electrons. The van der Waals surface area contributed by atoms with Gasteiger partial charge in [-0.3, -0.25) is 10.3 Å². The molecule has 0 aromatic heterocycles. The SMILES string of the molecule is N#CC1(c2ccc(N3CC(CN)OC3=O)cc2)CC1.N=CN. The molecule has 1 saturated heterocycles. The Morgan fingerprint density at radius 1 is 1.45 bits per heavy atom. The van der Waals surface area contributed by atoms with Gasteiger partial charge in [0.15, 0.2) is 0 Å². The number of ether oxygens (including phenoxy) is 1. The number of amides is 1. The quantitative estimate of drug-likeness (QED) is 0.568. The summed E-state index contributed by atoms with van der Waals surface area (Å²) in [5.41, 5.74) is 11.4. The van der Waals surface area contributed by atoms with Crippen LogP contribution in [0, 0.1) is 16.7 Å². The minimum atomic E-state index is -0.357. The molecule has 1 unspecified atom stereocenters. The maximum Gasteiger partial charge on any atom is 0.414 e. The summed E-state index contributed by atoms with van der Waals surface area (Å²) in [5.74, 6) is 0. The number of cyclic esters (lactones) is 1. The Hall–Kier alpha value is -2.59. The Kier molecular flexibility index (Phi) is 4.63. The van der Waals surface area contributed by atoms with Crippen molar-refractivity contribution in [1.29, 1.82) is 10.7 Å². The fraction of sp³-hybridized carbons (Fsp3) is 0.400. The molecule has 116 valence electrons. The van der Waals surface area contributed by atoms with E-state index in [0.717, 1.165) is 30.4 Å². The highest BCUT2D eigenvalue weighted by Crippen LogP contribution is 2.47. The molecule has 5 N–H and O–H groups in total. The van der Waals surface area contributed by atoms with Gasteiger partial charge in [-0.2, -0.15) is 5.26 Å².